The molecule has 0 spiro atoms. The van der Waals surface area contributed by atoms with Crippen LogP contribution >= 0.6 is 0 Å². The zero-order valence-corrected chi connectivity index (χ0v) is 17.4. The van der Waals surface area contributed by atoms with Gasteiger partial charge in [-0.2, -0.15) is 0 Å². The number of amides is 2. The van der Waals surface area contributed by atoms with E-state index in [1.54, 1.807) is 11.0 Å². The minimum atomic E-state index is -0.293. The van der Waals surface area contributed by atoms with Gasteiger partial charge in [-0.05, 0) is 49.6 Å². The van der Waals surface area contributed by atoms with Gasteiger partial charge in [0, 0.05) is 32.1 Å². The van der Waals surface area contributed by atoms with Crippen LogP contribution in [0.4, 0.5) is 4.39 Å². The fourth-order valence-corrected chi connectivity index (χ4v) is 3.77. The molecule has 0 atom stereocenters. The van der Waals surface area contributed by atoms with Gasteiger partial charge in [-0.15, -0.1) is 0 Å². The summed E-state index contributed by atoms with van der Waals surface area (Å²) in [6, 6.07) is 15.8. The third kappa shape index (κ3) is 6.05. The summed E-state index contributed by atoms with van der Waals surface area (Å²) in [4.78, 5) is 29.0. The molecule has 0 aromatic heterocycles. The summed E-state index contributed by atoms with van der Waals surface area (Å²) in [5.74, 6) is 0.514. The van der Waals surface area contributed by atoms with Crippen molar-refractivity contribution in [3.63, 3.8) is 0 Å². The van der Waals surface area contributed by atoms with Crippen LogP contribution in [0.15, 0.2) is 54.6 Å². The molecule has 1 aliphatic rings. The number of piperidine rings is 1. The highest BCUT2D eigenvalue weighted by Gasteiger charge is 2.29. The SMILES string of the molecule is CCN(Cc1cccc(F)c1)C(=O)C1CCN(C(=O)CCOc2ccccc2)CC1. The summed E-state index contributed by atoms with van der Waals surface area (Å²) in [6.07, 6.45) is 1.64. The molecule has 0 radical (unpaired) electrons. The average Bonchev–Trinajstić information content (AvgIpc) is 2.78. The molecule has 2 aromatic carbocycles. The Labute approximate surface area is 177 Å². The quantitative estimate of drug-likeness (QED) is 0.661. The van der Waals surface area contributed by atoms with Crippen LogP contribution in [0.2, 0.25) is 0 Å². The summed E-state index contributed by atoms with van der Waals surface area (Å²) in [6.45, 7) is 4.42. The van der Waals surface area contributed by atoms with Crippen LogP contribution in [-0.2, 0) is 16.1 Å². The minimum absolute atomic E-state index is 0.0592. The van der Waals surface area contributed by atoms with Gasteiger partial charge < -0.3 is 14.5 Å². The van der Waals surface area contributed by atoms with Crippen LogP contribution in [0.25, 0.3) is 0 Å². The number of hydrogen-bond donors (Lipinski definition) is 0. The van der Waals surface area contributed by atoms with E-state index >= 15 is 0 Å². The molecule has 1 saturated heterocycles. The van der Waals surface area contributed by atoms with E-state index in [0.717, 1.165) is 11.3 Å². The Morgan fingerprint density at radius 2 is 1.83 bits per heavy atom. The summed E-state index contributed by atoms with van der Waals surface area (Å²) >= 11 is 0. The van der Waals surface area contributed by atoms with Crippen molar-refractivity contribution < 1.29 is 18.7 Å². The van der Waals surface area contributed by atoms with Crippen LogP contribution in [0.5, 0.6) is 5.75 Å². The van der Waals surface area contributed by atoms with Crippen molar-refractivity contribution in [1.82, 2.24) is 9.80 Å². The zero-order valence-electron chi connectivity index (χ0n) is 17.4. The Bertz CT molecular complexity index is 835. The van der Waals surface area contributed by atoms with Gasteiger partial charge in [0.05, 0.1) is 13.0 Å². The highest BCUT2D eigenvalue weighted by molar-refractivity contribution is 5.80. The third-order valence-corrected chi connectivity index (χ3v) is 5.48. The highest BCUT2D eigenvalue weighted by Crippen LogP contribution is 2.22. The molecule has 0 aliphatic carbocycles. The zero-order chi connectivity index (χ0) is 21.3. The van der Waals surface area contributed by atoms with Crippen LogP contribution in [0.1, 0.15) is 31.7 Å². The number of halogens is 1. The average molecular weight is 413 g/mol. The molecule has 6 heteroatoms. The smallest absolute Gasteiger partial charge is 0.226 e. The lowest BCUT2D eigenvalue weighted by atomic mass is 9.94. The first kappa shape index (κ1) is 21.8. The van der Waals surface area contributed by atoms with E-state index in [-0.39, 0.29) is 23.5 Å². The predicted octanol–water partition coefficient (Wildman–Crippen LogP) is 3.88. The maximum atomic E-state index is 13.4. The molecule has 1 aliphatic heterocycles. The van der Waals surface area contributed by atoms with Crippen LogP contribution in [-0.4, -0.2) is 47.9 Å². The molecule has 0 saturated carbocycles. The molecular formula is C24H29FN2O3. The number of likely N-dealkylation sites (tertiary alicyclic amines) is 1. The summed E-state index contributed by atoms with van der Waals surface area (Å²) in [5, 5.41) is 0. The van der Waals surface area contributed by atoms with Gasteiger partial charge in [-0.25, -0.2) is 4.39 Å². The maximum Gasteiger partial charge on any atom is 0.226 e. The summed E-state index contributed by atoms with van der Waals surface area (Å²) in [5.41, 5.74) is 0.788. The number of hydrogen-bond acceptors (Lipinski definition) is 3. The maximum absolute atomic E-state index is 13.4. The second kappa shape index (κ2) is 10.8. The third-order valence-electron chi connectivity index (χ3n) is 5.48. The monoisotopic (exact) mass is 412 g/mol. The molecule has 160 valence electrons. The molecule has 0 N–H and O–H groups in total. The first-order valence-corrected chi connectivity index (χ1v) is 10.6. The van der Waals surface area contributed by atoms with Crippen LogP contribution in [0, 0.1) is 11.7 Å². The van der Waals surface area contributed by atoms with E-state index in [2.05, 4.69) is 0 Å². The highest BCUT2D eigenvalue weighted by atomic mass is 19.1. The molecule has 1 fully saturated rings. The lowest BCUT2D eigenvalue weighted by Gasteiger charge is -2.34. The van der Waals surface area contributed by atoms with E-state index in [1.165, 1.54) is 12.1 Å². The van der Waals surface area contributed by atoms with Crippen molar-refractivity contribution in [3.8, 4) is 5.75 Å². The normalized spacial score (nSPS) is 14.4. The number of carbonyl (C=O) groups is 2. The number of benzene rings is 2. The van der Waals surface area contributed by atoms with E-state index in [4.69, 9.17) is 4.74 Å². The van der Waals surface area contributed by atoms with Crippen molar-refractivity contribution in [2.24, 2.45) is 5.92 Å². The van der Waals surface area contributed by atoms with Crippen molar-refractivity contribution in [3.05, 3.63) is 66.0 Å². The molecule has 5 nitrogen and oxygen atoms in total. The predicted molar refractivity (Wildman–Crippen MR) is 113 cm³/mol. The number of ether oxygens (including phenoxy) is 1. The standard InChI is InChI=1S/C24H29FN2O3/c1-2-26(18-19-7-6-8-21(25)17-19)24(29)20-11-14-27(15-12-20)23(28)13-16-30-22-9-4-3-5-10-22/h3-10,17,20H,2,11-16,18H2,1H3. The van der Waals surface area contributed by atoms with Gasteiger partial charge >= 0.3 is 0 Å². The van der Waals surface area contributed by atoms with Gasteiger partial charge in [0.25, 0.3) is 0 Å². The largest absolute Gasteiger partial charge is 0.493 e. The Hall–Kier alpha value is -2.89. The second-order valence-electron chi connectivity index (χ2n) is 7.55. The van der Waals surface area contributed by atoms with E-state index in [0.29, 0.717) is 52.0 Å². The van der Waals surface area contributed by atoms with Gasteiger partial charge in [0.1, 0.15) is 11.6 Å². The molecule has 30 heavy (non-hydrogen) atoms. The molecule has 0 unspecified atom stereocenters. The molecule has 2 amide bonds. The van der Waals surface area contributed by atoms with E-state index in [9.17, 15) is 14.0 Å². The number of rotatable bonds is 8. The topological polar surface area (TPSA) is 49.9 Å². The van der Waals surface area contributed by atoms with Crippen molar-refractivity contribution >= 4 is 11.8 Å². The molecule has 3 rings (SSSR count). The van der Waals surface area contributed by atoms with Crippen molar-refractivity contribution in [2.75, 3.05) is 26.2 Å². The first-order valence-electron chi connectivity index (χ1n) is 10.6. The van der Waals surface area contributed by atoms with E-state index in [1.807, 2.05) is 48.2 Å². The minimum Gasteiger partial charge on any atom is -0.493 e. The lowest BCUT2D eigenvalue weighted by molar-refractivity contribution is -0.141. The number of carbonyl (C=O) groups excluding carboxylic acids is 2. The fraction of sp³-hybridized carbons (Fsp3) is 0.417. The molecule has 1 heterocycles. The van der Waals surface area contributed by atoms with Crippen LogP contribution < -0.4 is 4.74 Å². The lowest BCUT2D eigenvalue weighted by Crippen LogP contribution is -2.44. The number of para-hydroxylation sites is 1. The van der Waals surface area contributed by atoms with Crippen molar-refractivity contribution in [1.29, 1.82) is 0 Å². The Morgan fingerprint density at radius 3 is 2.50 bits per heavy atom. The van der Waals surface area contributed by atoms with Crippen LogP contribution in [0.3, 0.4) is 0 Å². The molecule has 0 bridgehead atoms. The molecular weight excluding hydrogens is 383 g/mol. The molecule has 2 aromatic rings. The van der Waals surface area contributed by atoms with Gasteiger partial charge in [-0.3, -0.25) is 9.59 Å². The van der Waals surface area contributed by atoms with Gasteiger partial charge in [0.2, 0.25) is 11.8 Å². The van der Waals surface area contributed by atoms with Gasteiger partial charge in [0.15, 0.2) is 0 Å². The Kier molecular flexibility index (Phi) is 7.82. The second-order valence-corrected chi connectivity index (χ2v) is 7.55. The van der Waals surface area contributed by atoms with Gasteiger partial charge in [-0.1, -0.05) is 30.3 Å². The Morgan fingerprint density at radius 1 is 1.10 bits per heavy atom. The summed E-state index contributed by atoms with van der Waals surface area (Å²) < 4.78 is 19.0. The summed E-state index contributed by atoms with van der Waals surface area (Å²) in [7, 11) is 0. The fourth-order valence-electron chi connectivity index (χ4n) is 3.77. The number of nitrogens with zero attached hydrogens (tertiary/aromatic N) is 2. The Balaban J connectivity index is 1.44. The van der Waals surface area contributed by atoms with Crippen molar-refractivity contribution in [2.45, 2.75) is 32.7 Å². The first-order chi connectivity index (χ1) is 14.6. The van der Waals surface area contributed by atoms with E-state index < -0.39 is 0 Å².